The number of carboxylic acids is 1. The molecule has 1 aromatic heterocycles. The largest absolute Gasteiger partial charge is 0.478 e. The summed E-state index contributed by atoms with van der Waals surface area (Å²) in [5.41, 5.74) is 6.34. The maximum atomic E-state index is 11.1. The standard InChI is InChI=1S/C13H19N3O2/c1-8-3-4-9(2)16(7-8)12-11(14)10(13(17)18)5-6-15-12/h5-6,8-9H,3-4,7,14H2,1-2H3,(H,17,18). The van der Waals surface area contributed by atoms with Crippen LogP contribution in [0.3, 0.4) is 0 Å². The zero-order valence-electron chi connectivity index (χ0n) is 10.8. The van der Waals surface area contributed by atoms with E-state index in [-0.39, 0.29) is 11.3 Å². The van der Waals surface area contributed by atoms with Crippen molar-refractivity contribution in [3.8, 4) is 0 Å². The summed E-state index contributed by atoms with van der Waals surface area (Å²) in [7, 11) is 0. The number of piperidine rings is 1. The lowest BCUT2D eigenvalue weighted by molar-refractivity contribution is 0.0698. The summed E-state index contributed by atoms with van der Waals surface area (Å²) in [6.07, 6.45) is 3.79. The van der Waals surface area contributed by atoms with Gasteiger partial charge in [-0.05, 0) is 31.7 Å². The number of nitrogens with zero attached hydrogens (tertiary/aromatic N) is 2. The van der Waals surface area contributed by atoms with E-state index in [2.05, 4.69) is 23.7 Å². The van der Waals surface area contributed by atoms with Crippen molar-refractivity contribution in [1.82, 2.24) is 4.98 Å². The second-order valence-corrected chi connectivity index (χ2v) is 5.08. The van der Waals surface area contributed by atoms with Crippen molar-refractivity contribution in [3.63, 3.8) is 0 Å². The second kappa shape index (κ2) is 4.84. The minimum Gasteiger partial charge on any atom is -0.478 e. The quantitative estimate of drug-likeness (QED) is 0.837. The van der Waals surface area contributed by atoms with Crippen LogP contribution in [0.25, 0.3) is 0 Å². The lowest BCUT2D eigenvalue weighted by atomic mass is 9.95. The Balaban J connectivity index is 2.38. The number of aromatic nitrogens is 1. The Morgan fingerprint density at radius 2 is 2.22 bits per heavy atom. The molecule has 0 amide bonds. The molecule has 0 bridgehead atoms. The van der Waals surface area contributed by atoms with E-state index in [1.54, 1.807) is 0 Å². The Morgan fingerprint density at radius 1 is 1.50 bits per heavy atom. The van der Waals surface area contributed by atoms with Crippen LogP contribution < -0.4 is 10.6 Å². The fourth-order valence-corrected chi connectivity index (χ4v) is 2.46. The highest BCUT2D eigenvalue weighted by atomic mass is 16.4. The van der Waals surface area contributed by atoms with Gasteiger partial charge in [-0.2, -0.15) is 0 Å². The fourth-order valence-electron chi connectivity index (χ4n) is 2.46. The van der Waals surface area contributed by atoms with E-state index in [1.165, 1.54) is 18.7 Å². The summed E-state index contributed by atoms with van der Waals surface area (Å²) in [6, 6.07) is 1.79. The van der Waals surface area contributed by atoms with Crippen molar-refractivity contribution in [2.75, 3.05) is 17.2 Å². The van der Waals surface area contributed by atoms with Gasteiger partial charge in [-0.1, -0.05) is 6.92 Å². The Kier molecular flexibility index (Phi) is 3.41. The molecule has 0 spiro atoms. The molecule has 0 radical (unpaired) electrons. The number of anilines is 2. The van der Waals surface area contributed by atoms with Gasteiger partial charge in [-0.3, -0.25) is 0 Å². The van der Waals surface area contributed by atoms with Crippen LogP contribution in [0, 0.1) is 5.92 Å². The van der Waals surface area contributed by atoms with Crippen molar-refractivity contribution in [2.45, 2.75) is 32.7 Å². The number of rotatable bonds is 2. The Labute approximate surface area is 107 Å². The van der Waals surface area contributed by atoms with Crippen molar-refractivity contribution in [2.24, 2.45) is 5.92 Å². The highest BCUT2D eigenvalue weighted by molar-refractivity contribution is 5.96. The first-order chi connectivity index (χ1) is 8.50. The van der Waals surface area contributed by atoms with E-state index in [9.17, 15) is 4.79 Å². The first-order valence-electron chi connectivity index (χ1n) is 6.25. The van der Waals surface area contributed by atoms with Gasteiger partial charge in [-0.15, -0.1) is 0 Å². The summed E-state index contributed by atoms with van der Waals surface area (Å²) < 4.78 is 0. The molecule has 1 aliphatic rings. The summed E-state index contributed by atoms with van der Waals surface area (Å²) >= 11 is 0. The van der Waals surface area contributed by atoms with Gasteiger partial charge in [0.25, 0.3) is 0 Å². The van der Waals surface area contributed by atoms with Gasteiger partial charge in [0.15, 0.2) is 5.82 Å². The maximum absolute atomic E-state index is 11.1. The SMILES string of the molecule is CC1CCC(C)N(c2nccc(C(=O)O)c2N)C1. The topological polar surface area (TPSA) is 79.5 Å². The molecular formula is C13H19N3O2. The molecule has 5 heteroatoms. The van der Waals surface area contributed by atoms with E-state index in [4.69, 9.17) is 10.8 Å². The van der Waals surface area contributed by atoms with Crippen LogP contribution in [0.15, 0.2) is 12.3 Å². The molecule has 3 N–H and O–H groups in total. The van der Waals surface area contributed by atoms with Crippen LogP contribution >= 0.6 is 0 Å². The van der Waals surface area contributed by atoms with Crippen LogP contribution in [0.1, 0.15) is 37.0 Å². The minimum absolute atomic E-state index is 0.130. The molecule has 2 rings (SSSR count). The highest BCUT2D eigenvalue weighted by Crippen LogP contribution is 2.31. The number of nitrogen functional groups attached to an aromatic ring is 1. The van der Waals surface area contributed by atoms with Gasteiger partial charge in [0.2, 0.25) is 0 Å². The predicted octanol–water partition coefficient (Wildman–Crippen LogP) is 1.99. The first-order valence-corrected chi connectivity index (χ1v) is 6.25. The van der Waals surface area contributed by atoms with Crippen LogP contribution in [0.4, 0.5) is 11.5 Å². The molecule has 1 aliphatic heterocycles. The van der Waals surface area contributed by atoms with Crippen molar-refractivity contribution in [1.29, 1.82) is 0 Å². The molecule has 18 heavy (non-hydrogen) atoms. The van der Waals surface area contributed by atoms with Crippen molar-refractivity contribution in [3.05, 3.63) is 17.8 Å². The van der Waals surface area contributed by atoms with Crippen molar-refractivity contribution < 1.29 is 9.90 Å². The Morgan fingerprint density at radius 3 is 2.89 bits per heavy atom. The van der Waals surface area contributed by atoms with Crippen LogP contribution in [0.2, 0.25) is 0 Å². The third kappa shape index (κ3) is 2.25. The lowest BCUT2D eigenvalue weighted by Gasteiger charge is -2.38. The van der Waals surface area contributed by atoms with Gasteiger partial charge < -0.3 is 15.7 Å². The average molecular weight is 249 g/mol. The van der Waals surface area contributed by atoms with Crippen LogP contribution in [0.5, 0.6) is 0 Å². The van der Waals surface area contributed by atoms with Gasteiger partial charge in [0.1, 0.15) is 0 Å². The zero-order valence-corrected chi connectivity index (χ0v) is 10.8. The first kappa shape index (κ1) is 12.7. The maximum Gasteiger partial charge on any atom is 0.337 e. The monoisotopic (exact) mass is 249 g/mol. The zero-order chi connectivity index (χ0) is 13.3. The third-order valence-corrected chi connectivity index (χ3v) is 3.59. The molecule has 5 nitrogen and oxygen atoms in total. The van der Waals surface area contributed by atoms with E-state index in [0.29, 0.717) is 17.8 Å². The molecule has 2 atom stereocenters. The number of carbonyl (C=O) groups is 1. The molecular weight excluding hydrogens is 230 g/mol. The van der Waals surface area contributed by atoms with E-state index < -0.39 is 5.97 Å². The smallest absolute Gasteiger partial charge is 0.337 e. The van der Waals surface area contributed by atoms with E-state index in [1.807, 2.05) is 0 Å². The van der Waals surface area contributed by atoms with E-state index in [0.717, 1.165) is 13.0 Å². The number of carboxylic acid groups (broad SMARTS) is 1. The molecule has 0 saturated carbocycles. The highest BCUT2D eigenvalue weighted by Gasteiger charge is 2.26. The molecule has 2 heterocycles. The summed E-state index contributed by atoms with van der Waals surface area (Å²) in [6.45, 7) is 5.19. The van der Waals surface area contributed by atoms with E-state index >= 15 is 0 Å². The number of aromatic carboxylic acids is 1. The molecule has 1 fully saturated rings. The summed E-state index contributed by atoms with van der Waals surface area (Å²) in [5, 5.41) is 9.08. The lowest BCUT2D eigenvalue weighted by Crippen LogP contribution is -2.42. The number of pyridine rings is 1. The summed E-state index contributed by atoms with van der Waals surface area (Å²) in [4.78, 5) is 17.5. The van der Waals surface area contributed by atoms with Gasteiger partial charge >= 0.3 is 5.97 Å². The summed E-state index contributed by atoms with van der Waals surface area (Å²) in [5.74, 6) is 0.179. The number of hydrogen-bond acceptors (Lipinski definition) is 4. The van der Waals surface area contributed by atoms with Gasteiger partial charge in [0, 0.05) is 18.8 Å². The second-order valence-electron chi connectivity index (χ2n) is 5.08. The van der Waals surface area contributed by atoms with Crippen LogP contribution in [-0.2, 0) is 0 Å². The molecule has 1 saturated heterocycles. The average Bonchev–Trinajstić information content (AvgIpc) is 2.32. The molecule has 1 aromatic rings. The number of nitrogens with two attached hydrogens (primary N) is 1. The normalized spacial score (nSPS) is 24.0. The Hall–Kier alpha value is -1.78. The van der Waals surface area contributed by atoms with Crippen LogP contribution in [-0.4, -0.2) is 28.6 Å². The molecule has 0 aromatic carbocycles. The Bertz CT molecular complexity index is 462. The number of hydrogen-bond donors (Lipinski definition) is 2. The fraction of sp³-hybridized carbons (Fsp3) is 0.538. The van der Waals surface area contributed by atoms with Crippen molar-refractivity contribution >= 4 is 17.5 Å². The third-order valence-electron chi connectivity index (χ3n) is 3.59. The predicted molar refractivity (Wildman–Crippen MR) is 70.8 cm³/mol. The molecule has 98 valence electrons. The minimum atomic E-state index is -1.01. The molecule has 2 unspecified atom stereocenters. The van der Waals surface area contributed by atoms with Gasteiger partial charge in [-0.25, -0.2) is 9.78 Å². The van der Waals surface area contributed by atoms with Gasteiger partial charge in [0.05, 0.1) is 11.3 Å². The molecule has 0 aliphatic carbocycles.